The number of Topliss-reactive ketones (excluding diaryl/α,β-unsaturated/α-hetero) is 1. The number of piperidine rings is 1. The monoisotopic (exact) mass is 878 g/mol. The minimum Gasteiger partial charge on any atom is -0.445 e. The Morgan fingerprint density at radius 1 is 0.730 bits per heavy atom. The normalized spacial score (nSPS) is 22.4. The Balaban J connectivity index is 1.59. The van der Waals surface area contributed by atoms with Gasteiger partial charge in [0, 0.05) is 25.9 Å². The van der Waals surface area contributed by atoms with Gasteiger partial charge in [0.2, 0.25) is 11.8 Å². The molecule has 4 rings (SSSR count). The molecular formula is C51H79N3O9. The van der Waals surface area contributed by atoms with E-state index in [1.807, 2.05) is 24.3 Å². The highest BCUT2D eigenvalue weighted by Crippen LogP contribution is 2.43. The maximum Gasteiger partial charge on any atom is 0.408 e. The molecule has 4 N–H and O–H groups in total. The molecule has 0 saturated carbocycles. The van der Waals surface area contributed by atoms with E-state index in [1.54, 1.807) is 36.4 Å². The minimum atomic E-state index is -2.27. The quantitative estimate of drug-likeness (QED) is 0.0561. The first-order valence-electron chi connectivity index (χ1n) is 24.5. The lowest BCUT2D eigenvalue weighted by Gasteiger charge is -2.59. The van der Waals surface area contributed by atoms with Gasteiger partial charge in [-0.2, -0.15) is 0 Å². The number of likely N-dealkylation sites (tertiary alicyclic amines) is 1. The van der Waals surface area contributed by atoms with E-state index in [-0.39, 0.29) is 32.0 Å². The maximum absolute atomic E-state index is 15.0. The second kappa shape index (κ2) is 28.8. The molecule has 2 fully saturated rings. The Bertz CT molecular complexity index is 1610. The lowest BCUT2D eigenvalue weighted by Crippen LogP contribution is -2.83. The summed E-state index contributed by atoms with van der Waals surface area (Å²) in [6.07, 6.45) is 15.2. The van der Waals surface area contributed by atoms with Crippen LogP contribution in [0.2, 0.25) is 0 Å². The van der Waals surface area contributed by atoms with E-state index in [9.17, 15) is 29.7 Å². The molecule has 12 heteroatoms. The second-order valence-corrected chi connectivity index (χ2v) is 17.8. The molecule has 2 saturated heterocycles. The zero-order valence-electron chi connectivity index (χ0n) is 38.4. The number of alkyl carbamates (subject to hydrolysis) is 1. The van der Waals surface area contributed by atoms with Gasteiger partial charge in [-0.1, -0.05) is 197 Å². The summed E-state index contributed by atoms with van der Waals surface area (Å²) in [6.45, 7) is 3.67. The van der Waals surface area contributed by atoms with Crippen molar-refractivity contribution in [3.63, 3.8) is 0 Å². The van der Waals surface area contributed by atoms with Crippen LogP contribution in [0.3, 0.4) is 0 Å². The standard InChI is InChI=1S/C51H79N3O9/c1-3-5-7-9-11-13-14-15-17-19-21-29-35-53(45(57)34-28-20-18-16-12-10-8-6-4-2)49-51(47(59)46(58)43(38-55)63-49)44(56)36-42(48(60)54(51)37-40-30-24-22-25-31-40)52-50(61)62-39-41-32-26-23-27-33-41/h22-27,30-33,42-43,46-47,49,55,58-59H,3-21,28-29,34-39H2,1-2H3,(H,52,61)/t42-,43+,46+,47-,49+,51?/m0/s1. The highest BCUT2D eigenvalue weighted by atomic mass is 16.6. The third-order valence-electron chi connectivity index (χ3n) is 12.9. The number of benzene rings is 2. The average Bonchev–Trinajstić information content (AvgIpc) is 3.29. The van der Waals surface area contributed by atoms with Crippen molar-refractivity contribution in [2.75, 3.05) is 13.2 Å². The van der Waals surface area contributed by atoms with Crippen LogP contribution in [0.25, 0.3) is 0 Å². The summed E-state index contributed by atoms with van der Waals surface area (Å²) >= 11 is 0. The van der Waals surface area contributed by atoms with Gasteiger partial charge in [-0.3, -0.25) is 14.4 Å². The van der Waals surface area contributed by atoms with Crippen LogP contribution < -0.4 is 5.32 Å². The minimum absolute atomic E-state index is 0.0578. The van der Waals surface area contributed by atoms with Gasteiger partial charge in [0.15, 0.2) is 17.6 Å². The number of ketones is 1. The van der Waals surface area contributed by atoms with E-state index in [0.29, 0.717) is 18.4 Å². The van der Waals surface area contributed by atoms with Crippen LogP contribution >= 0.6 is 0 Å². The molecule has 6 atom stereocenters. The number of nitrogens with zero attached hydrogens (tertiary/aromatic N) is 2. The molecule has 0 radical (unpaired) electrons. The van der Waals surface area contributed by atoms with Gasteiger partial charge in [-0.15, -0.1) is 0 Å². The fourth-order valence-corrected chi connectivity index (χ4v) is 9.20. The van der Waals surface area contributed by atoms with Gasteiger partial charge in [-0.05, 0) is 24.0 Å². The number of ether oxygens (including phenoxy) is 2. The van der Waals surface area contributed by atoms with Gasteiger partial charge in [-0.25, -0.2) is 4.79 Å². The summed E-state index contributed by atoms with van der Waals surface area (Å²) in [5, 5.41) is 36.8. The first-order chi connectivity index (χ1) is 30.7. The Morgan fingerprint density at radius 3 is 1.75 bits per heavy atom. The predicted octanol–water partition coefficient (Wildman–Crippen LogP) is 8.91. The van der Waals surface area contributed by atoms with Gasteiger partial charge in [0.25, 0.3) is 0 Å². The number of unbranched alkanes of at least 4 members (excludes halogenated alkanes) is 19. The summed E-state index contributed by atoms with van der Waals surface area (Å²) in [5.74, 6) is -1.67. The van der Waals surface area contributed by atoms with Crippen molar-refractivity contribution in [1.29, 1.82) is 0 Å². The lowest BCUT2D eigenvalue weighted by molar-refractivity contribution is -0.278. The smallest absolute Gasteiger partial charge is 0.408 e. The van der Waals surface area contributed by atoms with Crippen LogP contribution in [0.15, 0.2) is 60.7 Å². The van der Waals surface area contributed by atoms with Crippen molar-refractivity contribution in [2.24, 2.45) is 0 Å². The number of amides is 3. The van der Waals surface area contributed by atoms with Crippen LogP contribution in [0.1, 0.15) is 173 Å². The molecule has 0 bridgehead atoms. The van der Waals surface area contributed by atoms with Crippen LogP contribution in [-0.4, -0.2) is 98.1 Å². The highest BCUT2D eigenvalue weighted by molar-refractivity contribution is 6.04. The first kappa shape index (κ1) is 51.8. The molecule has 2 aromatic carbocycles. The van der Waals surface area contributed by atoms with E-state index in [4.69, 9.17) is 9.47 Å². The van der Waals surface area contributed by atoms with Crippen molar-refractivity contribution in [3.05, 3.63) is 71.8 Å². The molecule has 352 valence electrons. The summed E-state index contributed by atoms with van der Waals surface area (Å²) < 4.78 is 11.9. The van der Waals surface area contributed by atoms with Crippen molar-refractivity contribution in [3.8, 4) is 0 Å². The molecule has 1 spiro atoms. The highest BCUT2D eigenvalue weighted by Gasteiger charge is 2.68. The van der Waals surface area contributed by atoms with Gasteiger partial charge in [0.05, 0.1) is 6.61 Å². The van der Waals surface area contributed by atoms with Gasteiger partial charge >= 0.3 is 6.09 Å². The topological polar surface area (TPSA) is 166 Å². The summed E-state index contributed by atoms with van der Waals surface area (Å²) in [7, 11) is 0. The number of carbonyl (C=O) groups is 4. The molecule has 1 unspecified atom stereocenters. The average molecular weight is 878 g/mol. The fourth-order valence-electron chi connectivity index (χ4n) is 9.20. The van der Waals surface area contributed by atoms with E-state index >= 15 is 4.79 Å². The maximum atomic E-state index is 15.0. The van der Waals surface area contributed by atoms with E-state index < -0.39 is 66.9 Å². The first-order valence-corrected chi connectivity index (χ1v) is 24.5. The zero-order chi connectivity index (χ0) is 45.3. The van der Waals surface area contributed by atoms with Crippen molar-refractivity contribution >= 4 is 23.7 Å². The van der Waals surface area contributed by atoms with Gasteiger partial charge < -0.3 is 39.9 Å². The third kappa shape index (κ3) is 15.7. The Morgan fingerprint density at radius 2 is 1.22 bits per heavy atom. The number of hydrogen-bond donors (Lipinski definition) is 4. The molecule has 2 aromatic rings. The molecule has 0 aromatic heterocycles. The molecule has 2 aliphatic heterocycles. The van der Waals surface area contributed by atoms with Crippen LogP contribution in [0.4, 0.5) is 4.79 Å². The number of aliphatic hydroxyl groups excluding tert-OH is 3. The van der Waals surface area contributed by atoms with Crippen LogP contribution in [0, 0.1) is 0 Å². The van der Waals surface area contributed by atoms with E-state index in [2.05, 4.69) is 19.2 Å². The molecule has 2 aliphatic rings. The largest absolute Gasteiger partial charge is 0.445 e. The van der Waals surface area contributed by atoms with Crippen molar-refractivity contribution in [1.82, 2.24) is 15.1 Å². The lowest BCUT2D eigenvalue weighted by atomic mass is 9.72. The summed E-state index contributed by atoms with van der Waals surface area (Å²) in [6, 6.07) is 16.6. The number of rotatable bonds is 30. The number of carbonyl (C=O) groups excluding carboxylic acids is 4. The van der Waals surface area contributed by atoms with Crippen LogP contribution in [0.5, 0.6) is 0 Å². The SMILES string of the molecule is CCCCCCCCCCCCCCN(C(=O)CCCCCCCCCCC)[C@@H]1O[C@H](CO)[C@@H](O)[C@H](O)C12C(=O)C[C@H](NC(=O)OCc1ccccc1)C(=O)N2Cc1ccccc1. The van der Waals surface area contributed by atoms with Gasteiger partial charge in [0.1, 0.15) is 31.0 Å². The number of aliphatic hydroxyl groups is 3. The molecule has 0 aliphatic carbocycles. The Labute approximate surface area is 377 Å². The van der Waals surface area contributed by atoms with E-state index in [1.165, 1.54) is 80.4 Å². The Hall–Kier alpha value is -3.84. The summed E-state index contributed by atoms with van der Waals surface area (Å²) in [5.41, 5.74) is -0.917. The molecule has 3 amide bonds. The predicted molar refractivity (Wildman–Crippen MR) is 245 cm³/mol. The van der Waals surface area contributed by atoms with Crippen LogP contribution in [-0.2, 0) is 37.0 Å². The van der Waals surface area contributed by atoms with Crippen molar-refractivity contribution < 1.29 is 44.0 Å². The van der Waals surface area contributed by atoms with E-state index in [0.717, 1.165) is 56.9 Å². The molecule has 63 heavy (non-hydrogen) atoms. The zero-order valence-corrected chi connectivity index (χ0v) is 38.4. The molecule has 2 heterocycles. The number of hydrogen-bond acceptors (Lipinski definition) is 9. The second-order valence-electron chi connectivity index (χ2n) is 17.8. The van der Waals surface area contributed by atoms with Crippen molar-refractivity contribution in [2.45, 2.75) is 211 Å². The summed E-state index contributed by atoms with van der Waals surface area (Å²) in [4.78, 5) is 60.3. The third-order valence-corrected chi connectivity index (χ3v) is 12.9. The molecule has 12 nitrogen and oxygen atoms in total. The molecular weight excluding hydrogens is 799 g/mol. The number of nitrogens with one attached hydrogen (secondary N) is 1. The Kier molecular flexibility index (Phi) is 23.7. The fraction of sp³-hybridized carbons (Fsp3) is 0.686.